The minimum atomic E-state index is -0.00993. The van der Waals surface area contributed by atoms with E-state index < -0.39 is 0 Å². The molecule has 1 N–H and O–H groups in total. The molecule has 1 saturated heterocycles. The van der Waals surface area contributed by atoms with Crippen LogP contribution in [0.1, 0.15) is 25.1 Å². The van der Waals surface area contributed by atoms with Gasteiger partial charge in [-0.3, -0.25) is 9.89 Å². The van der Waals surface area contributed by atoms with Gasteiger partial charge in [-0.2, -0.15) is 5.10 Å². The Balaban J connectivity index is 1.54. The van der Waals surface area contributed by atoms with Gasteiger partial charge in [0.15, 0.2) is 11.5 Å². The average molecular weight is 330 g/mol. The van der Waals surface area contributed by atoms with Gasteiger partial charge in [-0.1, -0.05) is 12.1 Å². The van der Waals surface area contributed by atoms with Gasteiger partial charge in [0.1, 0.15) is 18.3 Å². The molecule has 1 aromatic carbocycles. The van der Waals surface area contributed by atoms with Crippen molar-refractivity contribution in [2.75, 3.05) is 20.2 Å². The summed E-state index contributed by atoms with van der Waals surface area (Å²) in [7, 11) is 1.63. The SMILES string of the molecule is COc1ccccc1OC1CCCN(C(=O)CCc2ncn[nH]2)C1. The summed E-state index contributed by atoms with van der Waals surface area (Å²) in [5.41, 5.74) is 0. The molecule has 24 heavy (non-hydrogen) atoms. The minimum absolute atomic E-state index is 0.00993. The Bertz CT molecular complexity index is 660. The van der Waals surface area contributed by atoms with Crippen LogP contribution in [-0.2, 0) is 11.2 Å². The van der Waals surface area contributed by atoms with Crippen LogP contribution in [0.15, 0.2) is 30.6 Å². The van der Waals surface area contributed by atoms with Gasteiger partial charge in [0.2, 0.25) is 5.91 Å². The van der Waals surface area contributed by atoms with Crippen molar-refractivity contribution in [1.82, 2.24) is 20.1 Å². The molecule has 1 aliphatic heterocycles. The van der Waals surface area contributed by atoms with Gasteiger partial charge in [-0.15, -0.1) is 0 Å². The van der Waals surface area contributed by atoms with Gasteiger partial charge in [0, 0.05) is 19.4 Å². The van der Waals surface area contributed by atoms with E-state index in [4.69, 9.17) is 9.47 Å². The smallest absolute Gasteiger partial charge is 0.223 e. The van der Waals surface area contributed by atoms with Gasteiger partial charge < -0.3 is 14.4 Å². The van der Waals surface area contributed by atoms with Crippen molar-refractivity contribution in [3.8, 4) is 11.5 Å². The number of nitrogens with zero attached hydrogens (tertiary/aromatic N) is 3. The molecule has 128 valence electrons. The fourth-order valence-electron chi connectivity index (χ4n) is 2.89. The molecular formula is C17H22N4O3. The lowest BCUT2D eigenvalue weighted by atomic mass is 10.1. The van der Waals surface area contributed by atoms with Crippen LogP contribution in [0.2, 0.25) is 0 Å². The molecule has 2 heterocycles. The van der Waals surface area contributed by atoms with Gasteiger partial charge in [0.05, 0.1) is 13.7 Å². The lowest BCUT2D eigenvalue weighted by molar-refractivity contribution is -0.133. The molecule has 0 saturated carbocycles. The fourth-order valence-corrected chi connectivity index (χ4v) is 2.89. The molecule has 1 fully saturated rings. The van der Waals surface area contributed by atoms with E-state index in [2.05, 4.69) is 15.2 Å². The first-order chi connectivity index (χ1) is 11.8. The van der Waals surface area contributed by atoms with Crippen LogP contribution in [-0.4, -0.2) is 52.3 Å². The van der Waals surface area contributed by atoms with Crippen LogP contribution < -0.4 is 9.47 Å². The highest BCUT2D eigenvalue weighted by Crippen LogP contribution is 2.28. The second-order valence-corrected chi connectivity index (χ2v) is 5.80. The van der Waals surface area contributed by atoms with Crippen molar-refractivity contribution in [2.45, 2.75) is 31.8 Å². The van der Waals surface area contributed by atoms with E-state index in [1.165, 1.54) is 6.33 Å². The number of para-hydroxylation sites is 2. The standard InChI is InChI=1S/C17H22N4O3/c1-23-14-6-2-3-7-15(14)24-13-5-4-10-21(11-13)17(22)9-8-16-18-12-19-20-16/h2-3,6-7,12-13H,4-5,8-11H2,1H3,(H,18,19,20). The fraction of sp³-hybridized carbons (Fsp3) is 0.471. The van der Waals surface area contributed by atoms with E-state index in [1.807, 2.05) is 29.2 Å². The molecular weight excluding hydrogens is 308 g/mol. The number of rotatable bonds is 6. The van der Waals surface area contributed by atoms with E-state index in [0.717, 1.165) is 31.0 Å². The molecule has 7 nitrogen and oxygen atoms in total. The van der Waals surface area contributed by atoms with Crippen LogP contribution in [0.5, 0.6) is 11.5 Å². The van der Waals surface area contributed by atoms with Gasteiger partial charge >= 0.3 is 0 Å². The summed E-state index contributed by atoms with van der Waals surface area (Å²) >= 11 is 0. The van der Waals surface area contributed by atoms with Crippen LogP contribution in [0.3, 0.4) is 0 Å². The maximum absolute atomic E-state index is 12.4. The number of carbonyl (C=O) groups excluding carboxylic acids is 1. The largest absolute Gasteiger partial charge is 0.493 e. The zero-order chi connectivity index (χ0) is 16.8. The predicted molar refractivity (Wildman–Crippen MR) is 87.9 cm³/mol. The number of H-pyrrole nitrogens is 1. The number of hydrogen-bond acceptors (Lipinski definition) is 5. The van der Waals surface area contributed by atoms with E-state index in [0.29, 0.717) is 25.1 Å². The van der Waals surface area contributed by atoms with Crippen molar-refractivity contribution >= 4 is 5.91 Å². The average Bonchev–Trinajstić information content (AvgIpc) is 3.14. The number of piperidine rings is 1. The number of ether oxygens (including phenoxy) is 2. The Kier molecular flexibility index (Phi) is 5.30. The van der Waals surface area contributed by atoms with Crippen molar-refractivity contribution in [1.29, 1.82) is 0 Å². The minimum Gasteiger partial charge on any atom is -0.493 e. The molecule has 0 bridgehead atoms. The molecule has 1 aromatic heterocycles. The first kappa shape index (κ1) is 16.3. The normalized spacial score (nSPS) is 17.5. The lowest BCUT2D eigenvalue weighted by Crippen LogP contribution is -2.44. The number of carbonyl (C=O) groups is 1. The van der Waals surface area contributed by atoms with Gasteiger partial charge in [0.25, 0.3) is 0 Å². The summed E-state index contributed by atoms with van der Waals surface area (Å²) in [6.45, 7) is 1.38. The summed E-state index contributed by atoms with van der Waals surface area (Å²) in [6, 6.07) is 7.59. The highest BCUT2D eigenvalue weighted by atomic mass is 16.5. The summed E-state index contributed by atoms with van der Waals surface area (Å²) in [6.07, 6.45) is 4.32. The molecule has 1 unspecified atom stereocenters. The van der Waals surface area contributed by atoms with Crippen molar-refractivity contribution in [3.05, 3.63) is 36.4 Å². The van der Waals surface area contributed by atoms with Crippen molar-refractivity contribution in [2.24, 2.45) is 0 Å². The van der Waals surface area contributed by atoms with Crippen LogP contribution in [0, 0.1) is 0 Å². The molecule has 1 atom stereocenters. The Labute approximate surface area is 141 Å². The number of aromatic nitrogens is 3. The van der Waals surface area contributed by atoms with E-state index in [1.54, 1.807) is 7.11 Å². The second-order valence-electron chi connectivity index (χ2n) is 5.80. The molecule has 1 aliphatic rings. The Morgan fingerprint density at radius 2 is 2.21 bits per heavy atom. The predicted octanol–water partition coefficient (Wildman–Crippen LogP) is 1.82. The number of aromatic amines is 1. The zero-order valence-corrected chi connectivity index (χ0v) is 13.8. The first-order valence-corrected chi connectivity index (χ1v) is 8.18. The number of methoxy groups -OCH3 is 1. The van der Waals surface area contributed by atoms with Crippen LogP contribution in [0.4, 0.5) is 0 Å². The maximum Gasteiger partial charge on any atom is 0.223 e. The molecule has 1 amide bonds. The number of likely N-dealkylation sites (tertiary alicyclic amines) is 1. The molecule has 3 rings (SSSR count). The maximum atomic E-state index is 12.4. The van der Waals surface area contributed by atoms with Crippen LogP contribution in [0.25, 0.3) is 0 Å². The van der Waals surface area contributed by atoms with E-state index in [9.17, 15) is 4.79 Å². The van der Waals surface area contributed by atoms with E-state index in [-0.39, 0.29) is 12.0 Å². The van der Waals surface area contributed by atoms with Gasteiger partial charge in [-0.05, 0) is 25.0 Å². The number of amides is 1. The second kappa shape index (κ2) is 7.81. The number of aryl methyl sites for hydroxylation is 1. The summed E-state index contributed by atoms with van der Waals surface area (Å²) in [5.74, 6) is 2.30. The van der Waals surface area contributed by atoms with Gasteiger partial charge in [-0.25, -0.2) is 4.98 Å². The topological polar surface area (TPSA) is 80.3 Å². The molecule has 2 aromatic rings. The Morgan fingerprint density at radius 3 is 2.96 bits per heavy atom. The summed E-state index contributed by atoms with van der Waals surface area (Å²) in [5, 5.41) is 6.57. The highest BCUT2D eigenvalue weighted by molar-refractivity contribution is 5.76. The molecule has 0 spiro atoms. The third kappa shape index (κ3) is 4.04. The van der Waals surface area contributed by atoms with Crippen molar-refractivity contribution in [3.63, 3.8) is 0 Å². The van der Waals surface area contributed by atoms with Crippen LogP contribution >= 0.6 is 0 Å². The van der Waals surface area contributed by atoms with Crippen molar-refractivity contribution < 1.29 is 14.3 Å². The number of benzene rings is 1. The molecule has 0 aliphatic carbocycles. The third-order valence-corrected chi connectivity index (χ3v) is 4.13. The Morgan fingerprint density at radius 1 is 1.38 bits per heavy atom. The summed E-state index contributed by atoms with van der Waals surface area (Å²) < 4.78 is 11.4. The van der Waals surface area contributed by atoms with E-state index >= 15 is 0 Å². The molecule has 0 radical (unpaired) electrons. The number of nitrogens with one attached hydrogen (secondary N) is 1. The molecule has 7 heteroatoms. The quantitative estimate of drug-likeness (QED) is 0.874. The third-order valence-electron chi connectivity index (χ3n) is 4.13. The highest BCUT2D eigenvalue weighted by Gasteiger charge is 2.25. The zero-order valence-electron chi connectivity index (χ0n) is 13.8. The monoisotopic (exact) mass is 330 g/mol. The Hall–Kier alpha value is -2.57. The lowest BCUT2D eigenvalue weighted by Gasteiger charge is -2.33. The number of hydrogen-bond donors (Lipinski definition) is 1. The first-order valence-electron chi connectivity index (χ1n) is 8.18. The summed E-state index contributed by atoms with van der Waals surface area (Å²) in [4.78, 5) is 18.3.